The zero-order valence-electron chi connectivity index (χ0n) is 14.4. The maximum atomic E-state index is 11.9. The lowest BCUT2D eigenvalue weighted by Crippen LogP contribution is -2.46. The molecule has 1 unspecified atom stereocenters. The second kappa shape index (κ2) is 14.6. The molecule has 2 N–H and O–H groups in total. The number of halogens is 2. The van der Waals surface area contributed by atoms with Crippen LogP contribution in [0.2, 0.25) is 0 Å². The largest absolute Gasteiger partial charge is 0.355 e. The van der Waals surface area contributed by atoms with Crippen molar-refractivity contribution >= 4 is 30.7 Å². The van der Waals surface area contributed by atoms with Gasteiger partial charge in [-0.1, -0.05) is 26.7 Å². The number of hydrogen-bond donors (Lipinski definition) is 2. The van der Waals surface area contributed by atoms with E-state index in [1.165, 1.54) is 38.8 Å². The van der Waals surface area contributed by atoms with Crippen LogP contribution >= 0.6 is 24.8 Å². The summed E-state index contributed by atoms with van der Waals surface area (Å²) in [4.78, 5) is 14.5. The third kappa shape index (κ3) is 8.56. The van der Waals surface area contributed by atoms with Crippen LogP contribution in [-0.4, -0.2) is 50.1 Å². The van der Waals surface area contributed by atoms with Crippen LogP contribution in [0.1, 0.15) is 52.4 Å². The molecular formula is C16H35Cl2N3O. The third-order valence-electron chi connectivity index (χ3n) is 4.54. The lowest BCUT2D eigenvalue weighted by atomic mass is 9.93. The van der Waals surface area contributed by atoms with Gasteiger partial charge in [-0.3, -0.25) is 9.69 Å². The van der Waals surface area contributed by atoms with Crippen molar-refractivity contribution in [3.05, 3.63) is 0 Å². The summed E-state index contributed by atoms with van der Waals surface area (Å²) in [5.41, 5.74) is 0. The SMILES string of the molecule is CCC(CC)C(CNC(=O)CCCNC)N1CCCC1.Cl.Cl. The van der Waals surface area contributed by atoms with Crippen LogP contribution in [0.3, 0.4) is 0 Å². The van der Waals surface area contributed by atoms with Crippen LogP contribution in [0.15, 0.2) is 0 Å². The van der Waals surface area contributed by atoms with Gasteiger partial charge in [0.15, 0.2) is 0 Å². The quantitative estimate of drug-likeness (QED) is 0.592. The first-order chi connectivity index (χ1) is 9.72. The van der Waals surface area contributed by atoms with Gasteiger partial charge in [-0.25, -0.2) is 0 Å². The number of hydrogen-bond acceptors (Lipinski definition) is 3. The lowest BCUT2D eigenvalue weighted by Gasteiger charge is -2.34. The molecule has 0 bridgehead atoms. The highest BCUT2D eigenvalue weighted by Gasteiger charge is 2.27. The van der Waals surface area contributed by atoms with Crippen molar-refractivity contribution in [3.63, 3.8) is 0 Å². The lowest BCUT2D eigenvalue weighted by molar-refractivity contribution is -0.121. The number of nitrogens with one attached hydrogen (secondary N) is 2. The van der Waals surface area contributed by atoms with E-state index in [0.717, 1.165) is 19.5 Å². The molecule has 0 aromatic heterocycles. The van der Waals surface area contributed by atoms with Crippen LogP contribution in [-0.2, 0) is 4.79 Å². The molecule has 1 saturated heterocycles. The first-order valence-corrected chi connectivity index (χ1v) is 8.38. The molecule has 1 aliphatic rings. The Balaban J connectivity index is 0. The van der Waals surface area contributed by atoms with Crippen molar-refractivity contribution < 1.29 is 4.79 Å². The molecule has 134 valence electrons. The van der Waals surface area contributed by atoms with Gasteiger partial charge in [0.25, 0.3) is 0 Å². The molecule has 1 rings (SSSR count). The van der Waals surface area contributed by atoms with Crippen LogP contribution in [0, 0.1) is 5.92 Å². The molecular weight excluding hydrogens is 321 g/mol. The number of carbonyl (C=O) groups excluding carboxylic acids is 1. The van der Waals surface area contributed by atoms with E-state index < -0.39 is 0 Å². The van der Waals surface area contributed by atoms with E-state index in [9.17, 15) is 4.79 Å². The van der Waals surface area contributed by atoms with Gasteiger partial charge in [0.2, 0.25) is 5.91 Å². The minimum atomic E-state index is 0. The van der Waals surface area contributed by atoms with Crippen LogP contribution < -0.4 is 10.6 Å². The first-order valence-electron chi connectivity index (χ1n) is 8.38. The summed E-state index contributed by atoms with van der Waals surface area (Å²) in [5.74, 6) is 0.904. The van der Waals surface area contributed by atoms with E-state index in [1.807, 2.05) is 7.05 Å². The van der Waals surface area contributed by atoms with Crippen molar-refractivity contribution in [1.29, 1.82) is 0 Å². The number of rotatable bonds is 10. The molecule has 1 aliphatic heterocycles. The monoisotopic (exact) mass is 355 g/mol. The number of nitrogens with zero attached hydrogens (tertiary/aromatic N) is 1. The molecule has 1 atom stereocenters. The number of likely N-dealkylation sites (tertiary alicyclic amines) is 1. The molecule has 0 radical (unpaired) electrons. The number of carbonyl (C=O) groups is 1. The maximum Gasteiger partial charge on any atom is 0.220 e. The van der Waals surface area contributed by atoms with Gasteiger partial charge in [-0.15, -0.1) is 24.8 Å². The molecule has 1 amide bonds. The van der Waals surface area contributed by atoms with Crippen LogP contribution in [0.4, 0.5) is 0 Å². The topological polar surface area (TPSA) is 44.4 Å². The highest BCUT2D eigenvalue weighted by Crippen LogP contribution is 2.22. The van der Waals surface area contributed by atoms with E-state index in [2.05, 4.69) is 29.4 Å². The Hall–Kier alpha value is -0.0300. The van der Waals surface area contributed by atoms with Crippen molar-refractivity contribution in [2.45, 2.75) is 58.4 Å². The highest BCUT2D eigenvalue weighted by atomic mass is 35.5. The van der Waals surface area contributed by atoms with E-state index in [1.54, 1.807) is 0 Å². The van der Waals surface area contributed by atoms with Gasteiger partial charge < -0.3 is 10.6 Å². The zero-order chi connectivity index (χ0) is 14.8. The summed E-state index contributed by atoms with van der Waals surface area (Å²) in [6, 6.07) is 0.528. The summed E-state index contributed by atoms with van der Waals surface area (Å²) in [6.45, 7) is 8.69. The van der Waals surface area contributed by atoms with Gasteiger partial charge in [-0.2, -0.15) is 0 Å². The second-order valence-corrected chi connectivity index (χ2v) is 5.90. The van der Waals surface area contributed by atoms with E-state index in [0.29, 0.717) is 18.4 Å². The van der Waals surface area contributed by atoms with Crippen molar-refractivity contribution in [2.24, 2.45) is 5.92 Å². The Morgan fingerprint density at radius 3 is 2.23 bits per heavy atom. The highest BCUT2D eigenvalue weighted by molar-refractivity contribution is 5.85. The van der Waals surface area contributed by atoms with Crippen LogP contribution in [0.25, 0.3) is 0 Å². The van der Waals surface area contributed by atoms with Gasteiger partial charge in [0.1, 0.15) is 0 Å². The molecule has 0 spiro atoms. The maximum absolute atomic E-state index is 11.9. The average molecular weight is 356 g/mol. The summed E-state index contributed by atoms with van der Waals surface area (Å²) >= 11 is 0. The molecule has 1 heterocycles. The summed E-state index contributed by atoms with van der Waals surface area (Å²) in [7, 11) is 1.93. The Kier molecular flexibility index (Phi) is 16.0. The predicted molar refractivity (Wildman–Crippen MR) is 99.3 cm³/mol. The third-order valence-corrected chi connectivity index (χ3v) is 4.54. The van der Waals surface area contributed by atoms with E-state index in [4.69, 9.17) is 0 Å². The average Bonchev–Trinajstić information content (AvgIpc) is 2.97. The van der Waals surface area contributed by atoms with Gasteiger partial charge >= 0.3 is 0 Å². The normalized spacial score (nSPS) is 16.0. The molecule has 4 nitrogen and oxygen atoms in total. The van der Waals surface area contributed by atoms with Crippen molar-refractivity contribution in [1.82, 2.24) is 15.5 Å². The summed E-state index contributed by atoms with van der Waals surface area (Å²) < 4.78 is 0. The molecule has 0 saturated carbocycles. The molecule has 6 heteroatoms. The minimum Gasteiger partial charge on any atom is -0.355 e. The Morgan fingerprint density at radius 2 is 1.73 bits per heavy atom. The Morgan fingerprint density at radius 1 is 1.14 bits per heavy atom. The fourth-order valence-electron chi connectivity index (χ4n) is 3.23. The van der Waals surface area contributed by atoms with Gasteiger partial charge in [0.05, 0.1) is 0 Å². The number of amides is 1. The molecule has 0 aliphatic carbocycles. The summed E-state index contributed by atoms with van der Waals surface area (Å²) in [6.07, 6.45) is 6.58. The molecule has 1 fully saturated rings. The first kappa shape index (κ1) is 24.2. The van der Waals surface area contributed by atoms with Crippen LogP contribution in [0.5, 0.6) is 0 Å². The zero-order valence-corrected chi connectivity index (χ0v) is 16.0. The smallest absolute Gasteiger partial charge is 0.220 e. The fourth-order valence-corrected chi connectivity index (χ4v) is 3.23. The molecule has 0 aromatic carbocycles. The molecule has 0 aromatic rings. The second-order valence-electron chi connectivity index (χ2n) is 5.90. The predicted octanol–water partition coefficient (Wildman–Crippen LogP) is 2.85. The van der Waals surface area contributed by atoms with Gasteiger partial charge in [-0.05, 0) is 51.9 Å². The van der Waals surface area contributed by atoms with Crippen molar-refractivity contribution in [2.75, 3.05) is 33.2 Å². The Labute approximate surface area is 149 Å². The Bertz CT molecular complexity index is 268. The van der Waals surface area contributed by atoms with Gasteiger partial charge in [0, 0.05) is 19.0 Å². The van der Waals surface area contributed by atoms with E-state index >= 15 is 0 Å². The minimum absolute atomic E-state index is 0. The molecule has 22 heavy (non-hydrogen) atoms. The fraction of sp³-hybridized carbons (Fsp3) is 0.938. The summed E-state index contributed by atoms with van der Waals surface area (Å²) in [5, 5.41) is 6.24. The van der Waals surface area contributed by atoms with Crippen molar-refractivity contribution in [3.8, 4) is 0 Å². The standard InChI is InChI=1S/C16H33N3O.2ClH/c1-4-14(5-2)15(19-11-6-7-12-19)13-18-16(20)9-8-10-17-3;;/h14-15,17H,4-13H2,1-3H3,(H,18,20);2*1H. The van der Waals surface area contributed by atoms with E-state index in [-0.39, 0.29) is 30.7 Å².